The van der Waals surface area contributed by atoms with Crippen LogP contribution in [-0.2, 0) is 19.1 Å². The van der Waals surface area contributed by atoms with Crippen LogP contribution in [0.1, 0.15) is 31.2 Å². The first-order valence-electron chi connectivity index (χ1n) is 13.1. The maximum Gasteiger partial charge on any atom is 0.253 e. The van der Waals surface area contributed by atoms with Gasteiger partial charge < -0.3 is 24.5 Å². The fourth-order valence-electron chi connectivity index (χ4n) is 6.42. The first kappa shape index (κ1) is 25.9. The van der Waals surface area contributed by atoms with Gasteiger partial charge in [-0.25, -0.2) is 0 Å². The normalized spacial score (nSPS) is 30.9. The number of anilines is 1. The number of carbonyl (C=O) groups excluding carboxylic acids is 3. The molecule has 4 aliphatic heterocycles. The molecule has 0 aliphatic carbocycles. The molecule has 1 aromatic rings. The molecule has 0 saturated carbocycles. The third-order valence-electron chi connectivity index (χ3n) is 8.13. The van der Waals surface area contributed by atoms with E-state index in [-0.39, 0.29) is 30.9 Å². The van der Waals surface area contributed by atoms with Crippen LogP contribution in [0.3, 0.4) is 0 Å². The Hall–Kier alpha value is -2.68. The number of para-hydroxylation sites is 1. The fraction of sp³-hybridized carbons (Fsp3) is 0.536. The Morgan fingerprint density at radius 3 is 2.59 bits per heavy atom. The summed E-state index contributed by atoms with van der Waals surface area (Å²) < 4.78 is 6.62. The smallest absolute Gasteiger partial charge is 0.253 e. The molecule has 8 nitrogen and oxygen atoms in total. The molecule has 0 bridgehead atoms. The topological polar surface area (TPSA) is 90.4 Å². The predicted octanol–water partition coefficient (Wildman–Crippen LogP) is 2.71. The van der Waals surface area contributed by atoms with E-state index in [0.717, 1.165) is 18.4 Å². The zero-order valence-corrected chi connectivity index (χ0v) is 22.1. The standard InChI is InChI=1S/C28H34ClN3O5/c1-18-10-7-11-19(29)23(18)31-16-9-13-28-22(21-20(37-28)12-8-14-30(2)25(21)34)26(35)32(24(28)27(31)36)15-5-3-4-6-17-33/h7-13,20-22,24,33H,3-6,14-17H2,1-2H3/t20-,21+,22+,24?,28+/m1/s1. The Balaban J connectivity index is 1.57. The number of benzene rings is 1. The highest BCUT2D eigenvalue weighted by atomic mass is 35.5. The zero-order chi connectivity index (χ0) is 26.3. The molecule has 1 spiro atoms. The van der Waals surface area contributed by atoms with E-state index in [1.165, 1.54) is 0 Å². The van der Waals surface area contributed by atoms with Gasteiger partial charge in [0, 0.05) is 33.3 Å². The summed E-state index contributed by atoms with van der Waals surface area (Å²) in [5, 5.41) is 9.58. The highest BCUT2D eigenvalue weighted by Crippen LogP contribution is 2.53. The van der Waals surface area contributed by atoms with E-state index in [2.05, 4.69) is 0 Å². The Labute approximate surface area is 222 Å². The fourth-order valence-corrected chi connectivity index (χ4v) is 6.74. The Kier molecular flexibility index (Phi) is 7.18. The van der Waals surface area contributed by atoms with Crippen molar-refractivity contribution in [2.45, 2.75) is 50.4 Å². The minimum atomic E-state index is -1.24. The van der Waals surface area contributed by atoms with Gasteiger partial charge in [0.05, 0.1) is 28.6 Å². The highest BCUT2D eigenvalue weighted by Gasteiger charge is 2.71. The summed E-state index contributed by atoms with van der Waals surface area (Å²) in [4.78, 5) is 46.8. The summed E-state index contributed by atoms with van der Waals surface area (Å²) in [6.07, 6.45) is 9.95. The van der Waals surface area contributed by atoms with Crippen LogP contribution in [0, 0.1) is 18.8 Å². The molecule has 0 radical (unpaired) electrons. The van der Waals surface area contributed by atoms with Crippen LogP contribution in [-0.4, -0.2) is 83.7 Å². The van der Waals surface area contributed by atoms with E-state index in [1.807, 2.05) is 43.4 Å². The number of unbranched alkanes of at least 4 members (excludes halogenated alkanes) is 3. The molecule has 3 amide bonds. The second-order valence-electron chi connectivity index (χ2n) is 10.4. The number of nitrogens with zero attached hydrogens (tertiary/aromatic N) is 3. The Morgan fingerprint density at radius 2 is 1.84 bits per heavy atom. The molecule has 5 rings (SSSR count). The molecule has 1 N–H and O–H groups in total. The van der Waals surface area contributed by atoms with E-state index in [4.69, 9.17) is 21.4 Å². The number of aryl methyl sites for hydroxylation is 1. The van der Waals surface area contributed by atoms with Gasteiger partial charge in [0.2, 0.25) is 11.8 Å². The third kappa shape index (κ3) is 4.19. The van der Waals surface area contributed by atoms with Crippen molar-refractivity contribution in [1.29, 1.82) is 0 Å². The predicted molar refractivity (Wildman–Crippen MR) is 140 cm³/mol. The van der Waals surface area contributed by atoms with E-state index < -0.39 is 29.6 Å². The number of rotatable bonds is 7. The molecule has 37 heavy (non-hydrogen) atoms. The molecule has 2 saturated heterocycles. The Morgan fingerprint density at radius 1 is 1.05 bits per heavy atom. The van der Waals surface area contributed by atoms with Gasteiger partial charge in [-0.15, -0.1) is 0 Å². The van der Waals surface area contributed by atoms with Crippen molar-refractivity contribution < 1.29 is 24.2 Å². The number of aliphatic hydroxyl groups excluding tert-OH is 1. The molecule has 198 valence electrons. The lowest BCUT2D eigenvalue weighted by atomic mass is 9.77. The number of carbonyl (C=O) groups is 3. The van der Waals surface area contributed by atoms with Crippen molar-refractivity contribution in [2.75, 3.05) is 38.2 Å². The van der Waals surface area contributed by atoms with Gasteiger partial charge >= 0.3 is 0 Å². The van der Waals surface area contributed by atoms with Crippen LogP contribution in [0.2, 0.25) is 5.02 Å². The molecule has 4 aliphatic rings. The monoisotopic (exact) mass is 527 g/mol. The second-order valence-corrected chi connectivity index (χ2v) is 10.8. The summed E-state index contributed by atoms with van der Waals surface area (Å²) in [5.41, 5.74) is 0.243. The van der Waals surface area contributed by atoms with Crippen LogP contribution in [0.5, 0.6) is 0 Å². The number of hydrogen-bond acceptors (Lipinski definition) is 5. The van der Waals surface area contributed by atoms with Gasteiger partial charge in [-0.05, 0) is 31.4 Å². The van der Waals surface area contributed by atoms with Gasteiger partial charge in [0.1, 0.15) is 11.6 Å². The van der Waals surface area contributed by atoms with Gasteiger partial charge in [0.25, 0.3) is 5.91 Å². The number of likely N-dealkylation sites (tertiary alicyclic amines) is 1. The molecule has 2 fully saturated rings. The molecule has 9 heteroatoms. The quantitative estimate of drug-likeness (QED) is 0.435. The van der Waals surface area contributed by atoms with E-state index >= 15 is 0 Å². The Bertz CT molecular complexity index is 1130. The lowest BCUT2D eigenvalue weighted by molar-refractivity contribution is -0.143. The summed E-state index contributed by atoms with van der Waals surface area (Å²) in [7, 11) is 1.73. The van der Waals surface area contributed by atoms with E-state index in [1.54, 1.807) is 27.8 Å². The highest BCUT2D eigenvalue weighted by molar-refractivity contribution is 6.34. The molecule has 0 aromatic heterocycles. The van der Waals surface area contributed by atoms with E-state index in [0.29, 0.717) is 36.6 Å². The minimum absolute atomic E-state index is 0.131. The first-order chi connectivity index (χ1) is 17.8. The van der Waals surface area contributed by atoms with Gasteiger partial charge in [-0.2, -0.15) is 0 Å². The van der Waals surface area contributed by atoms with Crippen LogP contribution in [0.25, 0.3) is 0 Å². The van der Waals surface area contributed by atoms with Crippen molar-refractivity contribution in [3.05, 3.63) is 53.1 Å². The van der Waals surface area contributed by atoms with Crippen molar-refractivity contribution in [3.63, 3.8) is 0 Å². The number of hydrogen-bond donors (Lipinski definition) is 1. The van der Waals surface area contributed by atoms with Crippen LogP contribution in [0.4, 0.5) is 5.69 Å². The third-order valence-corrected chi connectivity index (χ3v) is 8.43. The van der Waals surface area contributed by atoms with Crippen molar-refractivity contribution in [2.24, 2.45) is 11.8 Å². The lowest BCUT2D eigenvalue weighted by Crippen LogP contribution is -2.55. The summed E-state index contributed by atoms with van der Waals surface area (Å²) in [6, 6.07) is 4.60. The average molecular weight is 528 g/mol. The van der Waals surface area contributed by atoms with Crippen molar-refractivity contribution in [3.8, 4) is 0 Å². The molecule has 4 heterocycles. The SMILES string of the molecule is Cc1cccc(Cl)c1N1CC=C[C@]23O[C@@H]4C=CCN(C)C(=O)[C@@H]4[C@H]2C(=O)N(CCCCCCO)C3C1=O. The van der Waals surface area contributed by atoms with Gasteiger partial charge in [0.15, 0.2) is 0 Å². The molecule has 5 atom stereocenters. The van der Waals surface area contributed by atoms with Crippen LogP contribution in [0.15, 0.2) is 42.5 Å². The maximum absolute atomic E-state index is 14.4. The van der Waals surface area contributed by atoms with E-state index in [9.17, 15) is 14.4 Å². The number of fused-ring (bicyclic) bond motifs is 2. The second kappa shape index (κ2) is 10.2. The van der Waals surface area contributed by atoms with Crippen LogP contribution < -0.4 is 4.90 Å². The molecular formula is C28H34ClN3O5. The average Bonchev–Trinajstić information content (AvgIpc) is 3.19. The molecule has 1 aromatic carbocycles. The first-order valence-corrected chi connectivity index (χ1v) is 13.4. The van der Waals surface area contributed by atoms with Gasteiger partial charge in [-0.3, -0.25) is 14.4 Å². The van der Waals surface area contributed by atoms with Crippen molar-refractivity contribution >= 4 is 35.0 Å². The summed E-state index contributed by atoms with van der Waals surface area (Å²) in [5.74, 6) is -2.09. The number of amides is 3. The number of aliphatic hydroxyl groups is 1. The number of likely N-dealkylation sites (N-methyl/N-ethyl adjacent to an activating group) is 1. The van der Waals surface area contributed by atoms with Gasteiger partial charge in [-0.1, -0.05) is 60.9 Å². The van der Waals surface area contributed by atoms with Crippen LogP contribution >= 0.6 is 11.6 Å². The lowest BCUT2D eigenvalue weighted by Gasteiger charge is -2.36. The largest absolute Gasteiger partial charge is 0.396 e. The number of halogens is 1. The molecular weight excluding hydrogens is 494 g/mol. The zero-order valence-electron chi connectivity index (χ0n) is 21.3. The van der Waals surface area contributed by atoms with Crippen molar-refractivity contribution in [1.82, 2.24) is 9.80 Å². The number of ether oxygens (including phenoxy) is 1. The maximum atomic E-state index is 14.4. The summed E-state index contributed by atoms with van der Waals surface area (Å²) in [6.45, 7) is 3.16. The minimum Gasteiger partial charge on any atom is -0.396 e. The summed E-state index contributed by atoms with van der Waals surface area (Å²) >= 11 is 6.57. The molecule has 1 unspecified atom stereocenters.